The maximum absolute atomic E-state index is 13.1. The lowest BCUT2D eigenvalue weighted by Crippen LogP contribution is -2.26. The van der Waals surface area contributed by atoms with Gasteiger partial charge in [-0.05, 0) is 49.5 Å². The van der Waals surface area contributed by atoms with Gasteiger partial charge in [0.2, 0.25) is 5.91 Å². The summed E-state index contributed by atoms with van der Waals surface area (Å²) in [5.41, 5.74) is 0.599. The van der Waals surface area contributed by atoms with Crippen LogP contribution in [0, 0.1) is 17.6 Å². The van der Waals surface area contributed by atoms with E-state index in [0.717, 1.165) is 38.1 Å². The van der Waals surface area contributed by atoms with Crippen LogP contribution < -0.4 is 5.32 Å². The third-order valence-electron chi connectivity index (χ3n) is 3.76. The number of amides is 1. The van der Waals surface area contributed by atoms with E-state index in [9.17, 15) is 13.6 Å². The molecule has 118 valence electrons. The largest absolute Gasteiger partial charge is 0.341 e. The number of nitrogens with one attached hydrogen (secondary N) is 1. The first kappa shape index (κ1) is 17.9. The summed E-state index contributed by atoms with van der Waals surface area (Å²) >= 11 is 0. The Labute approximate surface area is 130 Å². The van der Waals surface area contributed by atoms with Gasteiger partial charge in [0.25, 0.3) is 0 Å². The Kier molecular flexibility index (Phi) is 7.05. The zero-order valence-corrected chi connectivity index (χ0v) is 12.9. The number of hydrogen-bond acceptors (Lipinski definition) is 2. The van der Waals surface area contributed by atoms with E-state index in [1.165, 1.54) is 6.07 Å². The Bertz CT molecular complexity index is 479. The molecule has 1 saturated heterocycles. The monoisotopic (exact) mass is 318 g/mol. The van der Waals surface area contributed by atoms with Crippen LogP contribution in [-0.4, -0.2) is 30.9 Å². The van der Waals surface area contributed by atoms with Gasteiger partial charge in [-0.3, -0.25) is 4.79 Å². The summed E-state index contributed by atoms with van der Waals surface area (Å²) in [6, 6.07) is 3.73. The topological polar surface area (TPSA) is 32.3 Å². The van der Waals surface area contributed by atoms with Crippen LogP contribution >= 0.6 is 12.4 Å². The van der Waals surface area contributed by atoms with E-state index in [0.29, 0.717) is 24.4 Å². The highest BCUT2D eigenvalue weighted by atomic mass is 35.5. The van der Waals surface area contributed by atoms with E-state index in [1.54, 1.807) is 11.9 Å². The Hall–Kier alpha value is -1.20. The van der Waals surface area contributed by atoms with Crippen LogP contribution in [0.1, 0.15) is 24.8 Å². The van der Waals surface area contributed by atoms with Crippen molar-refractivity contribution in [2.45, 2.75) is 25.8 Å². The molecular formula is C15H21ClF2N2O. The van der Waals surface area contributed by atoms with Gasteiger partial charge in [-0.25, -0.2) is 8.78 Å². The minimum atomic E-state index is -0.875. The van der Waals surface area contributed by atoms with Gasteiger partial charge in [-0.2, -0.15) is 0 Å². The summed E-state index contributed by atoms with van der Waals surface area (Å²) < 4.78 is 25.9. The van der Waals surface area contributed by atoms with Crippen LogP contribution in [0.25, 0.3) is 0 Å². The number of carbonyl (C=O) groups is 1. The van der Waals surface area contributed by atoms with Crippen LogP contribution in [0.15, 0.2) is 18.2 Å². The van der Waals surface area contributed by atoms with E-state index in [4.69, 9.17) is 0 Å². The molecule has 1 aromatic rings. The lowest BCUT2D eigenvalue weighted by Gasteiger charge is -2.18. The van der Waals surface area contributed by atoms with Crippen LogP contribution in [0.4, 0.5) is 8.78 Å². The van der Waals surface area contributed by atoms with Gasteiger partial charge in [0.1, 0.15) is 0 Å². The molecule has 6 heteroatoms. The van der Waals surface area contributed by atoms with E-state index >= 15 is 0 Å². The second-order valence-corrected chi connectivity index (χ2v) is 5.40. The summed E-state index contributed by atoms with van der Waals surface area (Å²) in [5.74, 6) is -1.12. The van der Waals surface area contributed by atoms with Gasteiger partial charge in [0.15, 0.2) is 11.6 Å². The minimum Gasteiger partial charge on any atom is -0.341 e. The lowest BCUT2D eigenvalue weighted by atomic mass is 10.0. The Morgan fingerprint density at radius 2 is 2.14 bits per heavy atom. The van der Waals surface area contributed by atoms with Crippen molar-refractivity contribution in [3.63, 3.8) is 0 Å². The minimum absolute atomic E-state index is 0. The lowest BCUT2D eigenvalue weighted by molar-refractivity contribution is -0.130. The van der Waals surface area contributed by atoms with Crippen molar-refractivity contribution in [3.8, 4) is 0 Å². The first-order valence-corrected chi connectivity index (χ1v) is 6.95. The molecule has 3 nitrogen and oxygen atoms in total. The fourth-order valence-electron chi connectivity index (χ4n) is 2.48. The average Bonchev–Trinajstić information content (AvgIpc) is 2.93. The predicted molar refractivity (Wildman–Crippen MR) is 80.3 cm³/mol. The smallest absolute Gasteiger partial charge is 0.222 e. The fourth-order valence-corrected chi connectivity index (χ4v) is 2.48. The maximum Gasteiger partial charge on any atom is 0.222 e. The van der Waals surface area contributed by atoms with Crippen LogP contribution in [-0.2, 0) is 11.3 Å². The third kappa shape index (κ3) is 5.25. The quantitative estimate of drug-likeness (QED) is 0.905. The number of benzene rings is 1. The molecule has 0 bridgehead atoms. The molecule has 1 atom stereocenters. The molecule has 1 amide bonds. The zero-order chi connectivity index (χ0) is 14.5. The Balaban J connectivity index is 0.00000220. The summed E-state index contributed by atoms with van der Waals surface area (Å²) in [5, 5.41) is 3.27. The van der Waals surface area contributed by atoms with E-state index in [2.05, 4.69) is 5.32 Å². The molecule has 0 spiro atoms. The van der Waals surface area contributed by atoms with Crippen LogP contribution in [0.5, 0.6) is 0 Å². The highest BCUT2D eigenvalue weighted by Crippen LogP contribution is 2.16. The number of rotatable bonds is 5. The molecule has 1 heterocycles. The van der Waals surface area contributed by atoms with Gasteiger partial charge in [0.05, 0.1) is 0 Å². The summed E-state index contributed by atoms with van der Waals surface area (Å²) in [4.78, 5) is 13.6. The van der Waals surface area contributed by atoms with Crippen molar-refractivity contribution in [2.24, 2.45) is 5.92 Å². The highest BCUT2D eigenvalue weighted by molar-refractivity contribution is 5.85. The summed E-state index contributed by atoms with van der Waals surface area (Å²) in [6.07, 6.45) is 2.51. The summed E-state index contributed by atoms with van der Waals surface area (Å²) in [7, 11) is 1.69. The first-order chi connectivity index (χ1) is 9.56. The number of halogens is 3. The fraction of sp³-hybridized carbons (Fsp3) is 0.533. The molecule has 1 fully saturated rings. The van der Waals surface area contributed by atoms with Crippen molar-refractivity contribution in [3.05, 3.63) is 35.4 Å². The van der Waals surface area contributed by atoms with E-state index < -0.39 is 11.6 Å². The van der Waals surface area contributed by atoms with Gasteiger partial charge >= 0.3 is 0 Å². The normalized spacial score (nSPS) is 17.4. The third-order valence-corrected chi connectivity index (χ3v) is 3.76. The highest BCUT2D eigenvalue weighted by Gasteiger charge is 2.17. The molecule has 1 aromatic carbocycles. The van der Waals surface area contributed by atoms with Crippen molar-refractivity contribution >= 4 is 18.3 Å². The average molecular weight is 319 g/mol. The molecular weight excluding hydrogens is 298 g/mol. The van der Waals surface area contributed by atoms with E-state index in [1.807, 2.05) is 0 Å². The van der Waals surface area contributed by atoms with Gasteiger partial charge in [-0.15, -0.1) is 12.4 Å². The molecule has 0 aromatic heterocycles. The molecule has 1 aliphatic rings. The number of hydrogen-bond donors (Lipinski definition) is 1. The van der Waals surface area contributed by atoms with Crippen molar-refractivity contribution < 1.29 is 13.6 Å². The molecule has 0 saturated carbocycles. The molecule has 1 N–H and O–H groups in total. The molecule has 1 aliphatic heterocycles. The van der Waals surface area contributed by atoms with Gasteiger partial charge in [0, 0.05) is 20.0 Å². The summed E-state index contributed by atoms with van der Waals surface area (Å²) in [6.45, 7) is 2.32. The van der Waals surface area contributed by atoms with Crippen molar-refractivity contribution in [1.82, 2.24) is 10.2 Å². The van der Waals surface area contributed by atoms with Gasteiger partial charge < -0.3 is 10.2 Å². The number of nitrogens with zero attached hydrogens (tertiary/aromatic N) is 1. The Morgan fingerprint density at radius 1 is 1.38 bits per heavy atom. The molecule has 0 aliphatic carbocycles. The van der Waals surface area contributed by atoms with Gasteiger partial charge in [-0.1, -0.05) is 6.07 Å². The van der Waals surface area contributed by atoms with Crippen molar-refractivity contribution in [1.29, 1.82) is 0 Å². The first-order valence-electron chi connectivity index (χ1n) is 6.95. The molecule has 2 rings (SSSR count). The zero-order valence-electron chi connectivity index (χ0n) is 12.1. The van der Waals surface area contributed by atoms with Crippen LogP contribution in [0.3, 0.4) is 0 Å². The molecule has 21 heavy (non-hydrogen) atoms. The SMILES string of the molecule is CN(Cc1ccc(F)c(F)c1)C(=O)CCC1CCNC1.Cl. The van der Waals surface area contributed by atoms with Crippen molar-refractivity contribution in [2.75, 3.05) is 20.1 Å². The predicted octanol–water partition coefficient (Wildman–Crippen LogP) is 2.73. The molecule has 1 unspecified atom stereocenters. The van der Waals surface area contributed by atoms with E-state index in [-0.39, 0.29) is 18.3 Å². The molecule has 0 radical (unpaired) electrons. The second-order valence-electron chi connectivity index (χ2n) is 5.40. The second kappa shape index (κ2) is 8.29. The maximum atomic E-state index is 13.1. The Morgan fingerprint density at radius 3 is 2.76 bits per heavy atom. The van der Waals surface area contributed by atoms with Crippen LogP contribution in [0.2, 0.25) is 0 Å². The standard InChI is InChI=1S/C15H20F2N2O.ClH/c1-19(10-12-2-4-13(16)14(17)8-12)15(20)5-3-11-6-7-18-9-11;/h2,4,8,11,18H,3,5-7,9-10H2,1H3;1H. The number of carbonyl (C=O) groups excluding carboxylic acids is 1.